The second-order valence-corrected chi connectivity index (χ2v) is 4.49. The molecule has 0 aliphatic carbocycles. The van der Waals surface area contributed by atoms with Crippen molar-refractivity contribution in [3.8, 4) is 0 Å². The zero-order chi connectivity index (χ0) is 15.1. The van der Waals surface area contributed by atoms with Crippen molar-refractivity contribution in [2.75, 3.05) is 18.9 Å². The molecule has 0 radical (unpaired) electrons. The van der Waals surface area contributed by atoms with Gasteiger partial charge in [-0.2, -0.15) is 4.98 Å². The Labute approximate surface area is 111 Å². The van der Waals surface area contributed by atoms with Crippen LogP contribution in [0.2, 0.25) is 0 Å². The molecule has 0 aromatic carbocycles. The number of aromatic nitrogens is 2. The number of aliphatic hydroxyl groups excluding tert-OH is 2. The van der Waals surface area contributed by atoms with E-state index >= 15 is 0 Å². The molecule has 2 rings (SSSR count). The van der Waals surface area contributed by atoms with Crippen LogP contribution in [-0.4, -0.2) is 50.8 Å². The number of anilines is 1. The Morgan fingerprint density at radius 2 is 2.25 bits per heavy atom. The summed E-state index contributed by atoms with van der Waals surface area (Å²) in [5.41, 5.74) is 7.66. The Morgan fingerprint density at radius 1 is 1.60 bits per heavy atom. The highest BCUT2D eigenvalue weighted by Crippen LogP contribution is 2.37. The quantitative estimate of drug-likeness (QED) is 0.500. The molecule has 0 bridgehead atoms. The minimum atomic E-state index is -2.09. The molecule has 0 saturated carbocycles. The van der Waals surface area contributed by atoms with Crippen LogP contribution in [0.3, 0.4) is 0 Å². The van der Waals surface area contributed by atoms with Gasteiger partial charge < -0.3 is 26.4 Å². The maximum Gasteiger partial charge on any atom is 0.351 e. The van der Waals surface area contributed by atoms with E-state index in [9.17, 15) is 23.8 Å². The second kappa shape index (κ2) is 5.05. The first-order chi connectivity index (χ1) is 9.36. The highest BCUT2D eigenvalue weighted by molar-refractivity contribution is 5.26. The molecule has 8 nitrogen and oxygen atoms in total. The van der Waals surface area contributed by atoms with E-state index in [0.29, 0.717) is 10.8 Å². The largest absolute Gasteiger partial charge is 0.393 e. The third-order valence-electron chi connectivity index (χ3n) is 3.29. The van der Waals surface area contributed by atoms with E-state index in [1.54, 1.807) is 0 Å². The number of hydrogen-bond acceptors (Lipinski definition) is 7. The average Bonchev–Trinajstić information content (AvgIpc) is 2.68. The van der Waals surface area contributed by atoms with Gasteiger partial charge in [0, 0.05) is 6.54 Å². The topological polar surface area (TPSA) is 137 Å². The number of rotatable bonds is 3. The molecular weight excluding hydrogens is 278 g/mol. The fraction of sp³-hybridized carbons (Fsp3) is 0.600. The van der Waals surface area contributed by atoms with Crippen molar-refractivity contribution < 1.29 is 23.7 Å². The molecule has 112 valence electrons. The molecule has 1 fully saturated rings. The van der Waals surface area contributed by atoms with Gasteiger partial charge in [-0.3, -0.25) is 4.57 Å². The molecular formula is C10H14F2N4O4. The third-order valence-corrected chi connectivity index (χ3v) is 3.29. The molecule has 10 heteroatoms. The van der Waals surface area contributed by atoms with Gasteiger partial charge >= 0.3 is 5.69 Å². The monoisotopic (exact) mass is 292 g/mol. The minimum absolute atomic E-state index is 0.388. The molecule has 4 atom stereocenters. The van der Waals surface area contributed by atoms with Crippen molar-refractivity contribution >= 4 is 5.82 Å². The molecule has 0 amide bonds. The average molecular weight is 292 g/mol. The molecule has 1 aliphatic rings. The van der Waals surface area contributed by atoms with Crippen LogP contribution in [0.1, 0.15) is 6.23 Å². The van der Waals surface area contributed by atoms with Gasteiger partial charge in [-0.25, -0.2) is 13.6 Å². The molecule has 1 aromatic rings. The summed E-state index contributed by atoms with van der Waals surface area (Å²) in [6.45, 7) is -1.15. The molecule has 1 saturated heterocycles. The lowest BCUT2D eigenvalue weighted by Crippen LogP contribution is -2.51. The van der Waals surface area contributed by atoms with E-state index in [0.717, 1.165) is 0 Å². The van der Waals surface area contributed by atoms with Crippen LogP contribution in [0.15, 0.2) is 11.0 Å². The Bertz CT molecular complexity index is 563. The standard InChI is InChI=1S/C10H14F2N4O4/c11-4-1-16(9(19)15-7(4)14)8-5(12)6(18)10(2-13,3-17)20-8/h1,5-6,8,17-18H,2-3,13H2,(H2,14,15,19)/t5-,6+,8-,10-/m1/s1. The van der Waals surface area contributed by atoms with E-state index in [2.05, 4.69) is 4.98 Å². The molecule has 2 heterocycles. The number of nitrogens with two attached hydrogens (primary N) is 2. The Hall–Kier alpha value is -1.62. The normalized spacial score (nSPS) is 33.5. The van der Waals surface area contributed by atoms with Crippen molar-refractivity contribution in [1.82, 2.24) is 9.55 Å². The van der Waals surface area contributed by atoms with Gasteiger partial charge in [-0.15, -0.1) is 0 Å². The zero-order valence-electron chi connectivity index (χ0n) is 10.2. The van der Waals surface area contributed by atoms with Crippen LogP contribution in [0.25, 0.3) is 0 Å². The number of nitrogen functional groups attached to an aromatic ring is 1. The summed E-state index contributed by atoms with van der Waals surface area (Å²) < 4.78 is 33.1. The maximum atomic E-state index is 14.1. The first-order valence-corrected chi connectivity index (χ1v) is 5.71. The summed E-state index contributed by atoms with van der Waals surface area (Å²) in [6.07, 6.45) is -4.89. The highest BCUT2D eigenvalue weighted by atomic mass is 19.1. The first kappa shape index (κ1) is 14.8. The van der Waals surface area contributed by atoms with Gasteiger partial charge in [0.2, 0.25) is 0 Å². The fourth-order valence-electron chi connectivity index (χ4n) is 2.04. The summed E-state index contributed by atoms with van der Waals surface area (Å²) in [7, 11) is 0. The molecule has 0 unspecified atom stereocenters. The molecule has 1 aromatic heterocycles. The van der Waals surface area contributed by atoms with Crippen molar-refractivity contribution in [2.24, 2.45) is 5.73 Å². The van der Waals surface area contributed by atoms with Crippen LogP contribution in [-0.2, 0) is 4.74 Å². The number of alkyl halides is 1. The smallest absolute Gasteiger partial charge is 0.351 e. The summed E-state index contributed by atoms with van der Waals surface area (Å²) >= 11 is 0. The summed E-state index contributed by atoms with van der Waals surface area (Å²) in [5.74, 6) is -1.67. The van der Waals surface area contributed by atoms with Crippen LogP contribution in [0.4, 0.5) is 14.6 Å². The summed E-state index contributed by atoms with van der Waals surface area (Å²) in [5, 5.41) is 19.0. The number of halogens is 2. The van der Waals surface area contributed by atoms with Gasteiger partial charge in [-0.1, -0.05) is 0 Å². The Kier molecular flexibility index (Phi) is 3.73. The van der Waals surface area contributed by atoms with Gasteiger partial charge in [0.1, 0.15) is 11.7 Å². The highest BCUT2D eigenvalue weighted by Gasteiger charge is 2.55. The van der Waals surface area contributed by atoms with Gasteiger partial charge in [0.15, 0.2) is 24.0 Å². The SMILES string of the molecule is NC[C@]1(CO)O[C@@H](n2cc(F)c(N)nc2=O)[C@H](F)[C@@H]1O. The maximum absolute atomic E-state index is 14.1. The van der Waals surface area contributed by atoms with E-state index < -0.39 is 48.0 Å². The number of aliphatic hydroxyl groups is 2. The predicted octanol–water partition coefficient (Wildman–Crippen LogP) is -2.12. The van der Waals surface area contributed by atoms with Crippen LogP contribution < -0.4 is 17.2 Å². The molecule has 6 N–H and O–H groups in total. The van der Waals surface area contributed by atoms with Crippen LogP contribution >= 0.6 is 0 Å². The molecule has 1 aliphatic heterocycles. The van der Waals surface area contributed by atoms with Gasteiger partial charge in [0.05, 0.1) is 12.8 Å². The van der Waals surface area contributed by atoms with E-state index in [1.807, 2.05) is 0 Å². The fourth-order valence-corrected chi connectivity index (χ4v) is 2.04. The number of nitrogens with zero attached hydrogens (tertiary/aromatic N) is 2. The molecule has 0 spiro atoms. The lowest BCUT2D eigenvalue weighted by Gasteiger charge is -2.27. The van der Waals surface area contributed by atoms with E-state index in [1.165, 1.54) is 0 Å². The summed E-state index contributed by atoms with van der Waals surface area (Å²) in [6, 6.07) is 0. The Morgan fingerprint density at radius 3 is 2.75 bits per heavy atom. The van der Waals surface area contributed by atoms with Crippen LogP contribution in [0, 0.1) is 5.82 Å². The van der Waals surface area contributed by atoms with Gasteiger partial charge in [-0.05, 0) is 0 Å². The van der Waals surface area contributed by atoms with E-state index in [-0.39, 0.29) is 6.54 Å². The van der Waals surface area contributed by atoms with Crippen molar-refractivity contribution in [3.05, 3.63) is 22.5 Å². The second-order valence-electron chi connectivity index (χ2n) is 4.49. The van der Waals surface area contributed by atoms with Crippen molar-refractivity contribution in [1.29, 1.82) is 0 Å². The first-order valence-electron chi connectivity index (χ1n) is 5.71. The number of ether oxygens (including phenoxy) is 1. The third kappa shape index (κ3) is 2.06. The predicted molar refractivity (Wildman–Crippen MR) is 62.8 cm³/mol. The van der Waals surface area contributed by atoms with Crippen LogP contribution in [0.5, 0.6) is 0 Å². The summed E-state index contributed by atoms with van der Waals surface area (Å²) in [4.78, 5) is 14.8. The lowest BCUT2D eigenvalue weighted by molar-refractivity contribution is -0.122. The minimum Gasteiger partial charge on any atom is -0.393 e. The van der Waals surface area contributed by atoms with Gasteiger partial charge in [0.25, 0.3) is 0 Å². The zero-order valence-corrected chi connectivity index (χ0v) is 10.2. The lowest BCUT2D eigenvalue weighted by atomic mass is 9.97. The van der Waals surface area contributed by atoms with Crippen molar-refractivity contribution in [3.63, 3.8) is 0 Å². The van der Waals surface area contributed by atoms with Crippen molar-refractivity contribution in [2.45, 2.75) is 24.1 Å². The Balaban J connectivity index is 2.45. The molecule has 20 heavy (non-hydrogen) atoms. The van der Waals surface area contributed by atoms with E-state index in [4.69, 9.17) is 16.2 Å². The number of hydrogen-bond donors (Lipinski definition) is 4.